The number of ether oxygens (including phenoxy) is 2. The Balaban J connectivity index is 1.82. The van der Waals surface area contributed by atoms with Gasteiger partial charge in [0.2, 0.25) is 0 Å². The summed E-state index contributed by atoms with van der Waals surface area (Å²) < 4.78 is 24.2. The van der Waals surface area contributed by atoms with Crippen LogP contribution in [0.5, 0.6) is 0 Å². The van der Waals surface area contributed by atoms with Gasteiger partial charge in [0.25, 0.3) is 0 Å². The van der Waals surface area contributed by atoms with Crippen LogP contribution in [0.2, 0.25) is 0 Å². The highest BCUT2D eigenvalue weighted by atomic mass is 19.1. The van der Waals surface area contributed by atoms with Gasteiger partial charge in [-0.15, -0.1) is 0 Å². The SMILES string of the molecule is Nc1cccc(COCC2CCOC2)c1F. The maximum Gasteiger partial charge on any atom is 0.151 e. The van der Waals surface area contributed by atoms with Crippen LogP contribution in [0.3, 0.4) is 0 Å². The zero-order valence-electron chi connectivity index (χ0n) is 9.12. The zero-order chi connectivity index (χ0) is 11.4. The predicted octanol–water partition coefficient (Wildman–Crippen LogP) is 1.96. The molecule has 0 bridgehead atoms. The first-order valence-electron chi connectivity index (χ1n) is 5.45. The van der Waals surface area contributed by atoms with E-state index in [-0.39, 0.29) is 18.1 Å². The second-order valence-corrected chi connectivity index (χ2v) is 4.07. The average molecular weight is 225 g/mol. The maximum absolute atomic E-state index is 13.5. The molecule has 1 atom stereocenters. The van der Waals surface area contributed by atoms with Gasteiger partial charge in [-0.3, -0.25) is 0 Å². The van der Waals surface area contributed by atoms with Crippen LogP contribution in [0.4, 0.5) is 10.1 Å². The summed E-state index contributed by atoms with van der Waals surface area (Å²) in [6.07, 6.45) is 1.03. The molecule has 0 spiro atoms. The highest BCUT2D eigenvalue weighted by Gasteiger charge is 2.15. The van der Waals surface area contributed by atoms with Gasteiger partial charge in [0.1, 0.15) is 0 Å². The second kappa shape index (κ2) is 5.27. The Morgan fingerprint density at radius 3 is 3.12 bits per heavy atom. The summed E-state index contributed by atoms with van der Waals surface area (Å²) in [6, 6.07) is 4.97. The summed E-state index contributed by atoms with van der Waals surface area (Å²) in [5.74, 6) is 0.0780. The molecule has 1 aliphatic rings. The van der Waals surface area contributed by atoms with E-state index >= 15 is 0 Å². The van der Waals surface area contributed by atoms with Crippen molar-refractivity contribution in [1.82, 2.24) is 0 Å². The molecule has 1 fully saturated rings. The molecule has 0 aromatic heterocycles. The summed E-state index contributed by atoms with van der Waals surface area (Å²) in [6.45, 7) is 2.45. The quantitative estimate of drug-likeness (QED) is 0.797. The highest BCUT2D eigenvalue weighted by molar-refractivity contribution is 5.42. The van der Waals surface area contributed by atoms with Crippen LogP contribution in [0.25, 0.3) is 0 Å². The van der Waals surface area contributed by atoms with Crippen molar-refractivity contribution in [1.29, 1.82) is 0 Å². The van der Waals surface area contributed by atoms with Gasteiger partial charge in [0, 0.05) is 18.1 Å². The van der Waals surface area contributed by atoms with Crippen molar-refractivity contribution >= 4 is 5.69 Å². The van der Waals surface area contributed by atoms with Crippen LogP contribution < -0.4 is 5.73 Å². The molecule has 1 aromatic carbocycles. The van der Waals surface area contributed by atoms with Crippen molar-refractivity contribution in [3.63, 3.8) is 0 Å². The third-order valence-corrected chi connectivity index (χ3v) is 2.74. The van der Waals surface area contributed by atoms with E-state index in [1.54, 1.807) is 18.2 Å². The van der Waals surface area contributed by atoms with Crippen molar-refractivity contribution < 1.29 is 13.9 Å². The standard InChI is InChI=1S/C12H16FNO2/c13-12-10(2-1-3-11(12)14)8-16-7-9-4-5-15-6-9/h1-3,9H,4-8,14H2. The molecule has 16 heavy (non-hydrogen) atoms. The van der Waals surface area contributed by atoms with E-state index in [4.69, 9.17) is 15.2 Å². The number of rotatable bonds is 4. The molecule has 2 N–H and O–H groups in total. The van der Waals surface area contributed by atoms with Gasteiger partial charge >= 0.3 is 0 Å². The van der Waals surface area contributed by atoms with E-state index < -0.39 is 0 Å². The first-order chi connectivity index (χ1) is 7.77. The monoisotopic (exact) mass is 225 g/mol. The molecule has 0 aliphatic carbocycles. The molecule has 1 heterocycles. The lowest BCUT2D eigenvalue weighted by atomic mass is 10.1. The number of nitrogens with two attached hydrogens (primary N) is 1. The Morgan fingerprint density at radius 2 is 2.38 bits per heavy atom. The number of hydrogen-bond acceptors (Lipinski definition) is 3. The van der Waals surface area contributed by atoms with Gasteiger partial charge in [-0.2, -0.15) is 0 Å². The van der Waals surface area contributed by atoms with Crippen LogP contribution in [-0.2, 0) is 16.1 Å². The summed E-state index contributed by atoms with van der Waals surface area (Å²) in [4.78, 5) is 0. The molecule has 2 rings (SSSR count). The molecule has 88 valence electrons. The van der Waals surface area contributed by atoms with Gasteiger partial charge in [-0.05, 0) is 12.5 Å². The van der Waals surface area contributed by atoms with Crippen molar-refractivity contribution in [2.45, 2.75) is 13.0 Å². The van der Waals surface area contributed by atoms with Gasteiger partial charge < -0.3 is 15.2 Å². The first kappa shape index (κ1) is 11.4. The zero-order valence-corrected chi connectivity index (χ0v) is 9.12. The van der Waals surface area contributed by atoms with E-state index in [0.29, 0.717) is 18.1 Å². The number of halogens is 1. The molecule has 1 saturated heterocycles. The summed E-state index contributed by atoms with van der Waals surface area (Å²) in [5.41, 5.74) is 6.15. The minimum atomic E-state index is -0.370. The topological polar surface area (TPSA) is 44.5 Å². The third kappa shape index (κ3) is 2.71. The Hall–Kier alpha value is -1.13. The lowest BCUT2D eigenvalue weighted by molar-refractivity contribution is 0.0776. The smallest absolute Gasteiger partial charge is 0.151 e. The molecule has 4 heteroatoms. The summed E-state index contributed by atoms with van der Waals surface area (Å²) >= 11 is 0. The van der Waals surface area contributed by atoms with E-state index in [1.165, 1.54) is 0 Å². The molecule has 0 radical (unpaired) electrons. The van der Waals surface area contributed by atoms with Gasteiger partial charge in [-0.1, -0.05) is 12.1 Å². The molecular weight excluding hydrogens is 209 g/mol. The van der Waals surface area contributed by atoms with E-state index in [2.05, 4.69) is 0 Å². The van der Waals surface area contributed by atoms with Gasteiger partial charge in [0.15, 0.2) is 5.82 Å². The predicted molar refractivity (Wildman–Crippen MR) is 59.4 cm³/mol. The normalized spacial score (nSPS) is 20.2. The number of benzene rings is 1. The fourth-order valence-corrected chi connectivity index (χ4v) is 1.76. The second-order valence-electron chi connectivity index (χ2n) is 4.07. The lowest BCUT2D eigenvalue weighted by Gasteiger charge is -2.09. The van der Waals surface area contributed by atoms with E-state index in [0.717, 1.165) is 19.6 Å². The third-order valence-electron chi connectivity index (χ3n) is 2.74. The molecule has 1 aliphatic heterocycles. The molecule has 3 nitrogen and oxygen atoms in total. The largest absolute Gasteiger partial charge is 0.396 e. The summed E-state index contributed by atoms with van der Waals surface area (Å²) in [5, 5.41) is 0. The molecule has 0 amide bonds. The van der Waals surface area contributed by atoms with Crippen LogP contribution in [0, 0.1) is 11.7 Å². The average Bonchev–Trinajstić information content (AvgIpc) is 2.77. The van der Waals surface area contributed by atoms with Crippen molar-refractivity contribution in [3.8, 4) is 0 Å². The van der Waals surface area contributed by atoms with Crippen molar-refractivity contribution in [2.24, 2.45) is 5.92 Å². The Bertz CT molecular complexity index is 351. The fraction of sp³-hybridized carbons (Fsp3) is 0.500. The Kier molecular flexibility index (Phi) is 3.74. The van der Waals surface area contributed by atoms with Crippen molar-refractivity contribution in [3.05, 3.63) is 29.6 Å². The van der Waals surface area contributed by atoms with E-state index in [9.17, 15) is 4.39 Å². The van der Waals surface area contributed by atoms with Crippen LogP contribution in [0.1, 0.15) is 12.0 Å². The van der Waals surface area contributed by atoms with E-state index in [1.807, 2.05) is 0 Å². The molecule has 1 unspecified atom stereocenters. The lowest BCUT2D eigenvalue weighted by Crippen LogP contribution is -2.10. The maximum atomic E-state index is 13.5. The highest BCUT2D eigenvalue weighted by Crippen LogP contribution is 2.17. The molecule has 1 aromatic rings. The number of anilines is 1. The Labute approximate surface area is 94.3 Å². The van der Waals surface area contributed by atoms with Crippen molar-refractivity contribution in [2.75, 3.05) is 25.6 Å². The first-order valence-corrected chi connectivity index (χ1v) is 5.45. The minimum absolute atomic E-state index is 0.172. The van der Waals surface area contributed by atoms with Crippen LogP contribution in [-0.4, -0.2) is 19.8 Å². The molecular formula is C12H16FNO2. The van der Waals surface area contributed by atoms with Crippen LogP contribution in [0.15, 0.2) is 18.2 Å². The Morgan fingerprint density at radius 1 is 1.50 bits per heavy atom. The van der Waals surface area contributed by atoms with Gasteiger partial charge in [0.05, 0.1) is 25.5 Å². The van der Waals surface area contributed by atoms with Gasteiger partial charge in [-0.25, -0.2) is 4.39 Å². The summed E-state index contributed by atoms with van der Waals surface area (Å²) in [7, 11) is 0. The van der Waals surface area contributed by atoms with Crippen LogP contribution >= 0.6 is 0 Å². The fourth-order valence-electron chi connectivity index (χ4n) is 1.76. The molecule has 0 saturated carbocycles. The number of hydrogen-bond donors (Lipinski definition) is 1. The minimum Gasteiger partial charge on any atom is -0.396 e. The number of nitrogen functional groups attached to an aromatic ring is 1.